The second kappa shape index (κ2) is 7.45. The van der Waals surface area contributed by atoms with Gasteiger partial charge in [0.25, 0.3) is 0 Å². The van der Waals surface area contributed by atoms with Crippen LogP contribution < -0.4 is 5.32 Å². The minimum Gasteiger partial charge on any atom is -0.385 e. The largest absolute Gasteiger partial charge is 0.385 e. The molecule has 0 spiro atoms. The lowest BCUT2D eigenvalue weighted by atomic mass is 10.0. The average molecular weight is 294 g/mol. The Balaban J connectivity index is 1.75. The van der Waals surface area contributed by atoms with Gasteiger partial charge in [0.05, 0.1) is 6.20 Å². The number of amides is 2. The van der Waals surface area contributed by atoms with Gasteiger partial charge in [0, 0.05) is 46.1 Å². The topological polar surface area (TPSA) is 59.4 Å². The quantitative estimate of drug-likeness (QED) is 0.863. The zero-order valence-electron chi connectivity index (χ0n) is 13.2. The van der Waals surface area contributed by atoms with Crippen molar-refractivity contribution in [3.63, 3.8) is 0 Å². The Labute approximate surface area is 126 Å². The predicted octanol–water partition coefficient (Wildman–Crippen LogP) is 1.42. The van der Waals surface area contributed by atoms with Gasteiger partial charge in [-0.2, -0.15) is 5.10 Å². The van der Waals surface area contributed by atoms with Crippen molar-refractivity contribution >= 4 is 6.03 Å². The molecule has 1 fully saturated rings. The second-order valence-corrected chi connectivity index (χ2v) is 5.96. The van der Waals surface area contributed by atoms with Crippen LogP contribution in [0.5, 0.6) is 0 Å². The van der Waals surface area contributed by atoms with E-state index < -0.39 is 0 Å². The van der Waals surface area contributed by atoms with E-state index in [2.05, 4.69) is 16.6 Å². The number of methoxy groups -OCH3 is 1. The number of aryl methyl sites for hydroxylation is 1. The maximum absolute atomic E-state index is 12.2. The predicted molar refractivity (Wildman–Crippen MR) is 81.1 cm³/mol. The molecule has 21 heavy (non-hydrogen) atoms. The number of carbonyl (C=O) groups is 1. The van der Waals surface area contributed by atoms with Crippen LogP contribution in [0.4, 0.5) is 4.79 Å². The number of aromatic nitrogens is 2. The van der Waals surface area contributed by atoms with Crippen LogP contribution in [0.15, 0.2) is 12.4 Å². The molecule has 2 amide bonds. The maximum atomic E-state index is 12.2. The third-order valence-corrected chi connectivity index (χ3v) is 3.98. The number of nitrogens with zero attached hydrogens (tertiary/aromatic N) is 3. The van der Waals surface area contributed by atoms with Crippen LogP contribution in [0.3, 0.4) is 0 Å². The van der Waals surface area contributed by atoms with Crippen LogP contribution in [-0.2, 0) is 18.2 Å². The van der Waals surface area contributed by atoms with Gasteiger partial charge in [-0.25, -0.2) is 4.79 Å². The Kier molecular flexibility index (Phi) is 5.61. The van der Waals surface area contributed by atoms with Gasteiger partial charge in [-0.1, -0.05) is 0 Å². The van der Waals surface area contributed by atoms with Crippen molar-refractivity contribution in [2.24, 2.45) is 13.0 Å². The van der Waals surface area contributed by atoms with Gasteiger partial charge in [0.15, 0.2) is 0 Å². The number of rotatable bonds is 6. The van der Waals surface area contributed by atoms with Crippen molar-refractivity contribution in [2.45, 2.75) is 32.2 Å². The SMILES string of the molecule is COCC[C@H](C)NC(=O)N1CC[C@H](Cc2cnn(C)c2)C1. The van der Waals surface area contributed by atoms with E-state index in [0.29, 0.717) is 12.5 Å². The van der Waals surface area contributed by atoms with Gasteiger partial charge >= 0.3 is 6.03 Å². The smallest absolute Gasteiger partial charge is 0.317 e. The molecule has 0 unspecified atom stereocenters. The first-order chi connectivity index (χ1) is 10.1. The van der Waals surface area contributed by atoms with Gasteiger partial charge < -0.3 is 15.0 Å². The zero-order valence-corrected chi connectivity index (χ0v) is 13.2. The molecule has 118 valence electrons. The summed E-state index contributed by atoms with van der Waals surface area (Å²) in [5, 5.41) is 7.23. The molecule has 1 N–H and O–H groups in total. The van der Waals surface area contributed by atoms with E-state index in [1.165, 1.54) is 5.56 Å². The summed E-state index contributed by atoms with van der Waals surface area (Å²) in [5.74, 6) is 0.536. The van der Waals surface area contributed by atoms with E-state index in [9.17, 15) is 4.79 Å². The summed E-state index contributed by atoms with van der Waals surface area (Å²) in [6, 6.07) is 0.196. The molecule has 6 heteroatoms. The third kappa shape index (κ3) is 4.74. The lowest BCUT2D eigenvalue weighted by molar-refractivity contribution is 0.177. The fraction of sp³-hybridized carbons (Fsp3) is 0.733. The standard InChI is InChI=1S/C15H26N4O2/c1-12(5-7-21-3)17-15(20)19-6-4-13(11-19)8-14-9-16-18(2)10-14/h9-10,12-13H,4-8,11H2,1-3H3,(H,17,20)/t12-,13+/m0/s1. The summed E-state index contributed by atoms with van der Waals surface area (Å²) in [5.41, 5.74) is 1.25. The lowest BCUT2D eigenvalue weighted by Crippen LogP contribution is -2.43. The zero-order chi connectivity index (χ0) is 15.2. The first-order valence-electron chi connectivity index (χ1n) is 7.60. The van der Waals surface area contributed by atoms with Crippen molar-refractivity contribution in [2.75, 3.05) is 26.8 Å². The number of hydrogen-bond acceptors (Lipinski definition) is 3. The van der Waals surface area contributed by atoms with Crippen LogP contribution >= 0.6 is 0 Å². The van der Waals surface area contributed by atoms with Crippen molar-refractivity contribution in [3.8, 4) is 0 Å². The highest BCUT2D eigenvalue weighted by atomic mass is 16.5. The van der Waals surface area contributed by atoms with Gasteiger partial charge in [-0.15, -0.1) is 0 Å². The normalized spacial score (nSPS) is 19.8. The van der Waals surface area contributed by atoms with Crippen molar-refractivity contribution in [3.05, 3.63) is 18.0 Å². The Morgan fingerprint density at radius 1 is 1.62 bits per heavy atom. The third-order valence-electron chi connectivity index (χ3n) is 3.98. The van der Waals surface area contributed by atoms with Crippen LogP contribution in [0.2, 0.25) is 0 Å². The monoisotopic (exact) mass is 294 g/mol. The minimum absolute atomic E-state index is 0.0484. The van der Waals surface area contributed by atoms with E-state index in [4.69, 9.17) is 4.74 Å². The Hall–Kier alpha value is -1.56. The molecule has 2 heterocycles. The summed E-state index contributed by atoms with van der Waals surface area (Å²) in [6.07, 6.45) is 6.87. The summed E-state index contributed by atoms with van der Waals surface area (Å²) < 4.78 is 6.86. The number of ether oxygens (including phenoxy) is 1. The molecule has 0 saturated carbocycles. The highest BCUT2D eigenvalue weighted by Gasteiger charge is 2.27. The van der Waals surface area contributed by atoms with Gasteiger partial charge in [-0.3, -0.25) is 4.68 Å². The molecule has 1 aliphatic heterocycles. The number of nitrogens with one attached hydrogen (secondary N) is 1. The summed E-state index contributed by atoms with van der Waals surface area (Å²) in [7, 11) is 3.61. The molecule has 1 aromatic heterocycles. The van der Waals surface area contributed by atoms with Gasteiger partial charge in [0.2, 0.25) is 0 Å². The molecule has 0 radical (unpaired) electrons. The minimum atomic E-state index is 0.0484. The average Bonchev–Trinajstić information content (AvgIpc) is 3.06. The Morgan fingerprint density at radius 3 is 3.10 bits per heavy atom. The fourth-order valence-electron chi connectivity index (χ4n) is 2.76. The summed E-state index contributed by atoms with van der Waals surface area (Å²) in [6.45, 7) is 4.36. The molecular weight excluding hydrogens is 268 g/mol. The molecule has 0 aliphatic carbocycles. The molecule has 0 bridgehead atoms. The van der Waals surface area contributed by atoms with E-state index in [1.54, 1.807) is 7.11 Å². The Bertz CT molecular complexity index is 460. The molecule has 6 nitrogen and oxygen atoms in total. The number of hydrogen-bond donors (Lipinski definition) is 1. The molecule has 0 aromatic carbocycles. The first kappa shape index (κ1) is 15.8. The van der Waals surface area contributed by atoms with E-state index >= 15 is 0 Å². The molecule has 1 saturated heterocycles. The number of carbonyl (C=O) groups excluding carboxylic acids is 1. The van der Waals surface area contributed by atoms with E-state index in [0.717, 1.165) is 32.4 Å². The van der Waals surface area contributed by atoms with Crippen molar-refractivity contribution < 1.29 is 9.53 Å². The molecule has 1 aromatic rings. The molecule has 1 aliphatic rings. The first-order valence-corrected chi connectivity index (χ1v) is 7.60. The molecule has 2 rings (SSSR count). The second-order valence-electron chi connectivity index (χ2n) is 5.96. The van der Waals surface area contributed by atoms with Gasteiger partial charge in [0.1, 0.15) is 0 Å². The van der Waals surface area contributed by atoms with Crippen molar-refractivity contribution in [1.82, 2.24) is 20.0 Å². The molecule has 2 atom stereocenters. The van der Waals surface area contributed by atoms with Crippen LogP contribution in [0, 0.1) is 5.92 Å². The summed E-state index contributed by atoms with van der Waals surface area (Å²) >= 11 is 0. The summed E-state index contributed by atoms with van der Waals surface area (Å²) in [4.78, 5) is 14.1. The maximum Gasteiger partial charge on any atom is 0.317 e. The van der Waals surface area contributed by atoms with E-state index in [-0.39, 0.29) is 12.1 Å². The fourth-order valence-corrected chi connectivity index (χ4v) is 2.76. The van der Waals surface area contributed by atoms with Gasteiger partial charge in [-0.05, 0) is 37.7 Å². The number of likely N-dealkylation sites (tertiary alicyclic amines) is 1. The van der Waals surface area contributed by atoms with Crippen LogP contribution in [0.25, 0.3) is 0 Å². The highest BCUT2D eigenvalue weighted by molar-refractivity contribution is 5.74. The Morgan fingerprint density at radius 2 is 2.43 bits per heavy atom. The van der Waals surface area contributed by atoms with Crippen molar-refractivity contribution in [1.29, 1.82) is 0 Å². The van der Waals surface area contributed by atoms with E-state index in [1.807, 2.05) is 29.7 Å². The van der Waals surface area contributed by atoms with Crippen LogP contribution in [0.1, 0.15) is 25.3 Å². The molecular formula is C15H26N4O2. The highest BCUT2D eigenvalue weighted by Crippen LogP contribution is 2.20. The van der Waals surface area contributed by atoms with Crippen LogP contribution in [-0.4, -0.2) is 53.6 Å². The number of urea groups is 1. The lowest BCUT2D eigenvalue weighted by Gasteiger charge is -2.21.